The van der Waals surface area contributed by atoms with Crippen molar-refractivity contribution in [1.29, 1.82) is 0 Å². The Bertz CT molecular complexity index is 1110. The number of nitrogens with zero attached hydrogens (tertiary/aromatic N) is 2. The second-order valence-electron chi connectivity index (χ2n) is 9.35. The maximum Gasteiger partial charge on any atom is 0.261 e. The fraction of sp³-hybridized carbons (Fsp3) is 0.385. The highest BCUT2D eigenvalue weighted by Gasteiger charge is 2.42. The molecule has 2 saturated carbocycles. The van der Waals surface area contributed by atoms with Crippen LogP contribution in [0.1, 0.15) is 92.8 Å². The number of amides is 4. The molecule has 2 aromatic rings. The van der Waals surface area contributed by atoms with E-state index in [1.807, 2.05) is 0 Å². The topological polar surface area (TPSA) is 84.0 Å². The number of carbonyl (C=O) groups excluding carboxylic acids is 4. The molecule has 0 atom stereocenters. The number of fused-ring (bicyclic) bond motifs is 2. The molecule has 0 saturated heterocycles. The minimum atomic E-state index is -0.269. The number of hydrogen-bond acceptors (Lipinski definition) is 5. The molecular weight excluding hydrogens is 420 g/mol. The first-order valence-corrected chi connectivity index (χ1v) is 11.7. The molecule has 2 fully saturated rings. The molecule has 7 nitrogen and oxygen atoms in total. The van der Waals surface area contributed by atoms with E-state index in [-0.39, 0.29) is 35.7 Å². The summed E-state index contributed by atoms with van der Waals surface area (Å²) >= 11 is 0. The Morgan fingerprint density at radius 3 is 1.30 bits per heavy atom. The zero-order valence-electron chi connectivity index (χ0n) is 18.2. The lowest BCUT2D eigenvalue weighted by molar-refractivity contribution is 0.0572. The third-order valence-electron chi connectivity index (χ3n) is 7.39. The van der Waals surface area contributed by atoms with Gasteiger partial charge >= 0.3 is 0 Å². The van der Waals surface area contributed by atoms with Crippen LogP contribution in [-0.4, -0.2) is 45.5 Å². The Balaban J connectivity index is 1.25. The zero-order chi connectivity index (χ0) is 22.7. The van der Waals surface area contributed by atoms with Crippen molar-refractivity contribution in [3.05, 3.63) is 58.7 Å². The van der Waals surface area contributed by atoms with Crippen molar-refractivity contribution in [2.24, 2.45) is 0 Å². The Labute approximate surface area is 191 Å². The Kier molecular flexibility index (Phi) is 4.60. The summed E-state index contributed by atoms with van der Waals surface area (Å²) in [6, 6.07) is 9.72. The maximum atomic E-state index is 13.0. The molecule has 2 aromatic carbocycles. The van der Waals surface area contributed by atoms with E-state index in [1.54, 1.807) is 36.4 Å². The number of benzene rings is 2. The average Bonchev–Trinajstić information content (AvgIpc) is 3.59. The third kappa shape index (κ3) is 3.09. The first-order valence-electron chi connectivity index (χ1n) is 11.7. The van der Waals surface area contributed by atoms with Gasteiger partial charge in [-0.05, 0) is 62.1 Å². The smallest absolute Gasteiger partial charge is 0.261 e. The van der Waals surface area contributed by atoms with E-state index in [0.717, 1.165) is 51.4 Å². The van der Waals surface area contributed by atoms with Gasteiger partial charge in [-0.25, -0.2) is 0 Å². The van der Waals surface area contributed by atoms with E-state index in [0.29, 0.717) is 33.8 Å². The quantitative estimate of drug-likeness (QED) is 0.646. The SMILES string of the molecule is O=C1c2ccc(Oc3ccc4c(c3)C(=O)N(C3CCCC3)C4=O)cc2C(=O)N1C1CCCC1. The van der Waals surface area contributed by atoms with E-state index in [2.05, 4.69) is 0 Å². The number of hydrogen-bond donors (Lipinski definition) is 0. The number of ether oxygens (including phenoxy) is 1. The van der Waals surface area contributed by atoms with Crippen molar-refractivity contribution in [3.63, 3.8) is 0 Å². The Hall–Kier alpha value is -3.48. The molecule has 2 aliphatic carbocycles. The third-order valence-corrected chi connectivity index (χ3v) is 7.39. The number of carbonyl (C=O) groups is 4. The van der Waals surface area contributed by atoms with Crippen LogP contribution in [0.5, 0.6) is 11.5 Å². The molecule has 2 aliphatic heterocycles. The predicted molar refractivity (Wildman–Crippen MR) is 118 cm³/mol. The van der Waals surface area contributed by atoms with Gasteiger partial charge in [0.25, 0.3) is 23.6 Å². The summed E-state index contributed by atoms with van der Waals surface area (Å²) in [5, 5.41) is 0. The van der Waals surface area contributed by atoms with E-state index in [4.69, 9.17) is 4.74 Å². The van der Waals surface area contributed by atoms with Crippen LogP contribution in [0.3, 0.4) is 0 Å². The van der Waals surface area contributed by atoms with Gasteiger partial charge in [0.15, 0.2) is 0 Å². The molecule has 4 aliphatic rings. The second kappa shape index (κ2) is 7.54. The van der Waals surface area contributed by atoms with Crippen molar-refractivity contribution in [3.8, 4) is 11.5 Å². The van der Waals surface area contributed by atoms with Gasteiger partial charge < -0.3 is 4.74 Å². The molecule has 168 valence electrons. The van der Waals surface area contributed by atoms with Crippen LogP contribution in [0.15, 0.2) is 36.4 Å². The molecule has 0 spiro atoms. The summed E-state index contributed by atoms with van der Waals surface area (Å²) < 4.78 is 5.95. The molecule has 0 radical (unpaired) electrons. The van der Waals surface area contributed by atoms with Crippen molar-refractivity contribution in [2.75, 3.05) is 0 Å². The van der Waals surface area contributed by atoms with Gasteiger partial charge in [-0.15, -0.1) is 0 Å². The van der Waals surface area contributed by atoms with Crippen LogP contribution >= 0.6 is 0 Å². The first kappa shape index (κ1) is 20.1. The lowest BCUT2D eigenvalue weighted by atomic mass is 10.1. The molecule has 0 bridgehead atoms. The molecule has 0 unspecified atom stereocenters. The van der Waals surface area contributed by atoms with E-state index in [1.165, 1.54) is 9.80 Å². The van der Waals surface area contributed by atoms with Crippen LogP contribution in [0.25, 0.3) is 0 Å². The van der Waals surface area contributed by atoms with E-state index < -0.39 is 0 Å². The summed E-state index contributed by atoms with van der Waals surface area (Å²) in [7, 11) is 0. The molecular formula is C26H24N2O5. The van der Waals surface area contributed by atoms with Crippen molar-refractivity contribution >= 4 is 23.6 Å². The molecule has 7 heteroatoms. The predicted octanol–water partition coefficient (Wildman–Crippen LogP) is 4.56. The summed E-state index contributed by atoms with van der Waals surface area (Å²) in [5.74, 6) is -0.187. The van der Waals surface area contributed by atoms with Gasteiger partial charge in [0.05, 0.1) is 22.3 Å². The van der Waals surface area contributed by atoms with Crippen LogP contribution in [0, 0.1) is 0 Å². The zero-order valence-corrected chi connectivity index (χ0v) is 18.2. The summed E-state index contributed by atoms with van der Waals surface area (Å²) in [6.45, 7) is 0. The van der Waals surface area contributed by atoms with Crippen LogP contribution in [-0.2, 0) is 0 Å². The maximum absolute atomic E-state index is 13.0. The summed E-state index contributed by atoms with van der Waals surface area (Å²) in [6.07, 6.45) is 7.55. The van der Waals surface area contributed by atoms with Crippen LogP contribution in [0.2, 0.25) is 0 Å². The molecule has 2 heterocycles. The minimum Gasteiger partial charge on any atom is -0.457 e. The van der Waals surface area contributed by atoms with Gasteiger partial charge in [0, 0.05) is 12.1 Å². The standard InChI is InChI=1S/C26H24N2O5/c29-23-19-11-9-17(13-21(19)25(31)27(23)15-5-1-2-6-15)33-18-10-12-20-22(14-18)26(32)28(24(20)30)16-7-3-4-8-16/h9-16H,1-8H2. The number of rotatable bonds is 4. The summed E-state index contributed by atoms with van der Waals surface area (Å²) in [4.78, 5) is 54.3. The highest BCUT2D eigenvalue weighted by Crippen LogP contribution is 2.36. The van der Waals surface area contributed by atoms with Crippen LogP contribution in [0.4, 0.5) is 0 Å². The average molecular weight is 444 g/mol. The molecule has 0 N–H and O–H groups in total. The summed E-state index contributed by atoms with van der Waals surface area (Å²) in [5.41, 5.74) is 1.51. The largest absolute Gasteiger partial charge is 0.457 e. The van der Waals surface area contributed by atoms with Gasteiger partial charge in [0.1, 0.15) is 11.5 Å². The van der Waals surface area contributed by atoms with Gasteiger partial charge in [-0.3, -0.25) is 29.0 Å². The highest BCUT2D eigenvalue weighted by atomic mass is 16.5. The van der Waals surface area contributed by atoms with Gasteiger partial charge in [0.2, 0.25) is 0 Å². The lowest BCUT2D eigenvalue weighted by Gasteiger charge is -2.21. The molecule has 0 aromatic heterocycles. The Morgan fingerprint density at radius 1 is 0.545 bits per heavy atom. The monoisotopic (exact) mass is 444 g/mol. The second-order valence-corrected chi connectivity index (χ2v) is 9.35. The van der Waals surface area contributed by atoms with Crippen LogP contribution < -0.4 is 4.74 Å². The van der Waals surface area contributed by atoms with Crippen molar-refractivity contribution < 1.29 is 23.9 Å². The first-order chi connectivity index (χ1) is 16.0. The normalized spacial score (nSPS) is 20.8. The van der Waals surface area contributed by atoms with Gasteiger partial charge in [-0.2, -0.15) is 0 Å². The van der Waals surface area contributed by atoms with E-state index >= 15 is 0 Å². The number of imide groups is 2. The van der Waals surface area contributed by atoms with E-state index in [9.17, 15) is 19.2 Å². The van der Waals surface area contributed by atoms with Crippen molar-refractivity contribution in [2.45, 2.75) is 63.5 Å². The Morgan fingerprint density at radius 2 is 0.909 bits per heavy atom. The fourth-order valence-corrected chi connectivity index (χ4v) is 5.73. The molecule has 6 rings (SSSR count). The highest BCUT2D eigenvalue weighted by molar-refractivity contribution is 6.22. The lowest BCUT2D eigenvalue weighted by Crippen LogP contribution is -2.38. The minimum absolute atomic E-state index is 0.0233. The van der Waals surface area contributed by atoms with Crippen molar-refractivity contribution in [1.82, 2.24) is 9.80 Å². The fourth-order valence-electron chi connectivity index (χ4n) is 5.73. The molecule has 33 heavy (non-hydrogen) atoms. The van der Waals surface area contributed by atoms with Gasteiger partial charge in [-0.1, -0.05) is 25.7 Å². The molecule has 4 amide bonds.